The van der Waals surface area contributed by atoms with E-state index < -0.39 is 0 Å². The quantitative estimate of drug-likeness (QED) is 0.728. The highest BCUT2D eigenvalue weighted by Crippen LogP contribution is 2.36. The molecule has 0 radical (unpaired) electrons. The summed E-state index contributed by atoms with van der Waals surface area (Å²) in [6.07, 6.45) is 9.62. The average Bonchev–Trinajstić information content (AvgIpc) is 2.89. The van der Waals surface area contributed by atoms with Gasteiger partial charge in [-0.15, -0.1) is 0 Å². The van der Waals surface area contributed by atoms with Crippen LogP contribution in [0.2, 0.25) is 0 Å². The van der Waals surface area contributed by atoms with Gasteiger partial charge in [0, 0.05) is 49.7 Å². The van der Waals surface area contributed by atoms with Crippen molar-refractivity contribution in [2.24, 2.45) is 7.05 Å². The van der Waals surface area contributed by atoms with Gasteiger partial charge in [0.25, 0.3) is 0 Å². The van der Waals surface area contributed by atoms with Gasteiger partial charge in [0.05, 0.1) is 17.2 Å². The summed E-state index contributed by atoms with van der Waals surface area (Å²) in [7, 11) is 4.30. The average molecular weight is 319 g/mol. The monoisotopic (exact) mass is 319 g/mol. The number of nitrogens with zero attached hydrogens (tertiary/aromatic N) is 5. The fourth-order valence-electron chi connectivity index (χ4n) is 3.78. The maximum Gasteiger partial charge on any atom is 0.116 e. The van der Waals surface area contributed by atoms with Gasteiger partial charge in [-0.25, -0.2) is 9.97 Å². The molecule has 3 aromatic heterocycles. The van der Waals surface area contributed by atoms with Crippen LogP contribution in [0.1, 0.15) is 29.7 Å². The minimum Gasteiger partial charge on any atom is -0.344 e. The molecular weight excluding hydrogens is 298 g/mol. The Morgan fingerprint density at radius 2 is 2.00 bits per heavy atom. The number of aryl methyl sites for hydroxylation is 1. The topological polar surface area (TPSA) is 46.8 Å². The molecule has 0 spiro atoms. The summed E-state index contributed by atoms with van der Waals surface area (Å²) in [5, 5.41) is 0. The van der Waals surface area contributed by atoms with Crippen molar-refractivity contribution >= 4 is 16.6 Å². The molecule has 0 saturated heterocycles. The number of likely N-dealkylation sites (N-methyl/N-ethyl adjacent to an activating group) is 1. The molecule has 0 saturated carbocycles. The van der Waals surface area contributed by atoms with Crippen molar-refractivity contribution in [2.45, 2.75) is 19.4 Å². The molecule has 5 nitrogen and oxygen atoms in total. The van der Waals surface area contributed by atoms with Crippen molar-refractivity contribution in [3.63, 3.8) is 0 Å². The van der Waals surface area contributed by atoms with Crippen LogP contribution in [-0.2, 0) is 13.6 Å². The van der Waals surface area contributed by atoms with Crippen LogP contribution < -0.4 is 0 Å². The Labute approximate surface area is 141 Å². The normalized spacial score (nSPS) is 18.8. The lowest BCUT2D eigenvalue weighted by Gasteiger charge is -2.30. The predicted octanol–water partition coefficient (Wildman–Crippen LogP) is 3.00. The fraction of sp³-hybridized carbons (Fsp3) is 0.316. The molecule has 0 aromatic carbocycles. The van der Waals surface area contributed by atoms with E-state index >= 15 is 0 Å². The molecule has 1 aliphatic rings. The summed E-state index contributed by atoms with van der Waals surface area (Å²) in [6, 6.07) is 4.12. The molecule has 1 atom stereocenters. The number of hydrogen-bond donors (Lipinski definition) is 0. The van der Waals surface area contributed by atoms with Crippen molar-refractivity contribution in [1.29, 1.82) is 0 Å². The first kappa shape index (κ1) is 15.0. The van der Waals surface area contributed by atoms with E-state index in [4.69, 9.17) is 0 Å². The van der Waals surface area contributed by atoms with E-state index in [1.807, 2.05) is 18.6 Å². The van der Waals surface area contributed by atoms with Crippen molar-refractivity contribution in [2.75, 3.05) is 13.6 Å². The van der Waals surface area contributed by atoms with Crippen LogP contribution in [0.4, 0.5) is 0 Å². The Hall–Kier alpha value is -2.53. The maximum atomic E-state index is 4.53. The third-order valence-electron chi connectivity index (χ3n) is 4.89. The first-order valence-electron chi connectivity index (χ1n) is 8.19. The lowest BCUT2D eigenvalue weighted by Crippen LogP contribution is -2.30. The molecule has 1 aliphatic heterocycles. The standard InChI is InChI=1S/C19H21N5/c1-13(14-4-6-20-7-5-14)8-15-10-23(2)11-16-18-17(9-21-12-22-18)24(3)19(15)16/h4-9,12,15H,10-11H2,1-3H3/b13-8+. The largest absolute Gasteiger partial charge is 0.344 e. The van der Waals surface area contributed by atoms with E-state index in [2.05, 4.69) is 63.6 Å². The molecular formula is C19H21N5. The van der Waals surface area contributed by atoms with E-state index in [1.165, 1.54) is 22.4 Å². The van der Waals surface area contributed by atoms with Crippen molar-refractivity contribution in [3.05, 3.63) is 59.9 Å². The van der Waals surface area contributed by atoms with Crippen LogP contribution in [0.25, 0.3) is 16.6 Å². The molecule has 24 heavy (non-hydrogen) atoms. The van der Waals surface area contributed by atoms with Crippen LogP contribution in [0, 0.1) is 0 Å². The lowest BCUT2D eigenvalue weighted by molar-refractivity contribution is 0.294. The fourth-order valence-corrected chi connectivity index (χ4v) is 3.78. The highest BCUT2D eigenvalue weighted by molar-refractivity contribution is 5.81. The summed E-state index contributed by atoms with van der Waals surface area (Å²) in [6.45, 7) is 4.11. The highest BCUT2D eigenvalue weighted by Gasteiger charge is 2.28. The zero-order valence-electron chi connectivity index (χ0n) is 14.3. The Bertz CT molecular complexity index is 910. The van der Waals surface area contributed by atoms with E-state index in [0.29, 0.717) is 5.92 Å². The maximum absolute atomic E-state index is 4.53. The van der Waals surface area contributed by atoms with Gasteiger partial charge in [-0.2, -0.15) is 0 Å². The second-order valence-electron chi connectivity index (χ2n) is 6.57. The van der Waals surface area contributed by atoms with E-state index in [1.54, 1.807) is 6.33 Å². The number of aromatic nitrogens is 4. The summed E-state index contributed by atoms with van der Waals surface area (Å²) in [4.78, 5) is 15.2. The van der Waals surface area contributed by atoms with Crippen LogP contribution >= 0.6 is 0 Å². The van der Waals surface area contributed by atoms with Crippen LogP contribution in [0.5, 0.6) is 0 Å². The summed E-state index contributed by atoms with van der Waals surface area (Å²) in [5.74, 6) is 0.339. The van der Waals surface area contributed by atoms with Crippen molar-refractivity contribution in [1.82, 2.24) is 24.4 Å². The predicted molar refractivity (Wildman–Crippen MR) is 95.5 cm³/mol. The van der Waals surface area contributed by atoms with Gasteiger partial charge in [-0.1, -0.05) is 6.08 Å². The van der Waals surface area contributed by atoms with E-state index in [9.17, 15) is 0 Å². The van der Waals surface area contributed by atoms with Gasteiger partial charge in [0.1, 0.15) is 6.33 Å². The highest BCUT2D eigenvalue weighted by atomic mass is 15.1. The third-order valence-corrected chi connectivity index (χ3v) is 4.89. The molecule has 0 aliphatic carbocycles. The summed E-state index contributed by atoms with van der Waals surface area (Å²) < 4.78 is 2.26. The number of pyridine rings is 1. The van der Waals surface area contributed by atoms with Gasteiger partial charge in [0.2, 0.25) is 0 Å². The second-order valence-corrected chi connectivity index (χ2v) is 6.57. The minimum atomic E-state index is 0.339. The summed E-state index contributed by atoms with van der Waals surface area (Å²) >= 11 is 0. The molecule has 0 amide bonds. The lowest BCUT2D eigenvalue weighted by atomic mass is 9.92. The third kappa shape index (κ3) is 2.41. The van der Waals surface area contributed by atoms with Gasteiger partial charge < -0.3 is 9.47 Å². The minimum absolute atomic E-state index is 0.339. The Kier molecular flexibility index (Phi) is 3.65. The zero-order chi connectivity index (χ0) is 16.7. The van der Waals surface area contributed by atoms with Gasteiger partial charge in [0.15, 0.2) is 0 Å². The van der Waals surface area contributed by atoms with Gasteiger partial charge >= 0.3 is 0 Å². The molecule has 1 unspecified atom stereocenters. The molecule has 3 aromatic rings. The Balaban J connectivity index is 1.85. The zero-order valence-corrected chi connectivity index (χ0v) is 14.3. The Morgan fingerprint density at radius 3 is 2.79 bits per heavy atom. The van der Waals surface area contributed by atoms with Crippen molar-refractivity contribution in [3.8, 4) is 0 Å². The molecule has 0 bridgehead atoms. The molecule has 122 valence electrons. The number of fused-ring (bicyclic) bond motifs is 3. The van der Waals surface area contributed by atoms with Crippen molar-refractivity contribution < 1.29 is 0 Å². The molecule has 0 fully saturated rings. The van der Waals surface area contributed by atoms with E-state index in [0.717, 1.165) is 24.1 Å². The van der Waals surface area contributed by atoms with Gasteiger partial charge in [-0.3, -0.25) is 4.98 Å². The SMILES string of the molecule is C/C(=C\C1CN(C)Cc2c1n(C)c1cncnc21)c1ccncc1. The number of rotatable bonds is 2. The summed E-state index contributed by atoms with van der Waals surface area (Å²) in [5.41, 5.74) is 7.37. The molecule has 4 heterocycles. The van der Waals surface area contributed by atoms with Crippen LogP contribution in [0.3, 0.4) is 0 Å². The number of allylic oxidation sites excluding steroid dienone is 1. The first-order valence-corrected chi connectivity index (χ1v) is 8.19. The number of hydrogen-bond acceptors (Lipinski definition) is 4. The first-order chi connectivity index (χ1) is 11.6. The van der Waals surface area contributed by atoms with Gasteiger partial charge in [-0.05, 0) is 37.2 Å². The molecule has 5 heteroatoms. The van der Waals surface area contributed by atoms with Crippen LogP contribution in [0.15, 0.2) is 43.1 Å². The second kappa shape index (κ2) is 5.83. The smallest absolute Gasteiger partial charge is 0.116 e. The molecule has 0 N–H and O–H groups in total. The van der Waals surface area contributed by atoms with Crippen LogP contribution in [-0.4, -0.2) is 38.0 Å². The molecule has 4 rings (SSSR count). The Morgan fingerprint density at radius 1 is 1.21 bits per heavy atom. The van der Waals surface area contributed by atoms with E-state index in [-0.39, 0.29) is 0 Å².